The Morgan fingerprint density at radius 1 is 1.32 bits per heavy atom. The largest absolute Gasteiger partial charge is 0.374 e. The summed E-state index contributed by atoms with van der Waals surface area (Å²) >= 11 is 1.48. The average molecular weight is 282 g/mol. The number of aromatic nitrogens is 2. The number of hydrogen-bond acceptors (Lipinski definition) is 5. The van der Waals surface area contributed by atoms with Crippen LogP contribution in [-0.2, 0) is 6.54 Å². The predicted octanol–water partition coefficient (Wildman–Crippen LogP) is 3.37. The highest BCUT2D eigenvalue weighted by atomic mass is 32.1. The Hall–Kier alpha value is -0.680. The van der Waals surface area contributed by atoms with Crippen LogP contribution in [0.2, 0.25) is 0 Å². The van der Waals surface area contributed by atoms with Crippen LogP contribution in [0.3, 0.4) is 0 Å². The highest BCUT2D eigenvalue weighted by Crippen LogP contribution is 2.25. The fourth-order valence-electron chi connectivity index (χ4n) is 2.82. The van der Waals surface area contributed by atoms with Crippen LogP contribution in [0.15, 0.2) is 0 Å². The topological polar surface area (TPSA) is 41.1 Å². The Morgan fingerprint density at radius 2 is 2.11 bits per heavy atom. The molecule has 1 heterocycles. The number of nitrogens with one attached hydrogen (secondary N) is 1. The summed E-state index contributed by atoms with van der Waals surface area (Å²) in [6.07, 6.45) is 8.21. The fourth-order valence-corrected chi connectivity index (χ4v) is 3.41. The van der Waals surface area contributed by atoms with Gasteiger partial charge in [0.25, 0.3) is 0 Å². The highest BCUT2D eigenvalue weighted by molar-refractivity contribution is 7.10. The molecule has 1 aliphatic carbocycles. The molecule has 1 aromatic heterocycles. The molecule has 0 bridgehead atoms. The van der Waals surface area contributed by atoms with Gasteiger partial charge in [0.05, 0.1) is 0 Å². The first-order valence-electron chi connectivity index (χ1n) is 7.53. The Kier molecular flexibility index (Phi) is 6.04. The molecule has 1 aromatic rings. The summed E-state index contributed by atoms with van der Waals surface area (Å²) in [7, 11) is 2.21. The van der Waals surface area contributed by atoms with Crippen molar-refractivity contribution in [1.82, 2.24) is 14.5 Å². The normalized spacial score (nSPS) is 17.0. The molecule has 0 aromatic carbocycles. The third-order valence-corrected chi connectivity index (χ3v) is 4.53. The molecule has 1 saturated carbocycles. The standard InChI is InChI=1S/C14H26N4S/c1-3-9-15-14-13(16-17-19-14)11-18(2)10-12-7-5-4-6-8-12/h12,15H,3-11H2,1-2H3. The van der Waals surface area contributed by atoms with Gasteiger partial charge in [0.15, 0.2) is 0 Å². The van der Waals surface area contributed by atoms with Gasteiger partial charge < -0.3 is 10.2 Å². The smallest absolute Gasteiger partial charge is 0.134 e. The maximum Gasteiger partial charge on any atom is 0.134 e. The lowest BCUT2D eigenvalue weighted by atomic mass is 9.89. The Balaban J connectivity index is 1.80. The van der Waals surface area contributed by atoms with E-state index in [1.807, 2.05) is 0 Å². The zero-order valence-electron chi connectivity index (χ0n) is 12.2. The summed E-state index contributed by atoms with van der Waals surface area (Å²) in [5.74, 6) is 0.886. The van der Waals surface area contributed by atoms with E-state index in [1.54, 1.807) is 0 Å². The maximum atomic E-state index is 4.27. The van der Waals surface area contributed by atoms with Gasteiger partial charge in [-0.05, 0) is 32.2 Å². The SMILES string of the molecule is CCCNc1snnc1CN(C)CC1CCCCC1. The second-order valence-electron chi connectivity index (χ2n) is 5.68. The molecule has 0 spiro atoms. The van der Waals surface area contributed by atoms with Crippen LogP contribution >= 0.6 is 11.5 Å². The molecular formula is C14H26N4S. The first kappa shape index (κ1) is 14.7. The lowest BCUT2D eigenvalue weighted by Gasteiger charge is -2.26. The minimum Gasteiger partial charge on any atom is -0.374 e. The summed E-state index contributed by atoms with van der Waals surface area (Å²) in [6.45, 7) is 5.29. The van der Waals surface area contributed by atoms with Crippen molar-refractivity contribution in [1.29, 1.82) is 0 Å². The Labute approximate surface area is 120 Å². The van der Waals surface area contributed by atoms with Crippen LogP contribution in [0.5, 0.6) is 0 Å². The van der Waals surface area contributed by atoms with E-state index < -0.39 is 0 Å². The summed E-state index contributed by atoms with van der Waals surface area (Å²) in [4.78, 5) is 2.41. The zero-order valence-corrected chi connectivity index (χ0v) is 13.0. The van der Waals surface area contributed by atoms with E-state index >= 15 is 0 Å². The third-order valence-electron chi connectivity index (χ3n) is 3.81. The monoisotopic (exact) mass is 282 g/mol. The first-order chi connectivity index (χ1) is 9.29. The molecule has 1 fully saturated rings. The van der Waals surface area contributed by atoms with Gasteiger partial charge >= 0.3 is 0 Å². The molecule has 5 heteroatoms. The molecule has 108 valence electrons. The van der Waals surface area contributed by atoms with Crippen LogP contribution in [0, 0.1) is 5.92 Å². The van der Waals surface area contributed by atoms with Gasteiger partial charge in [0, 0.05) is 31.2 Å². The van der Waals surface area contributed by atoms with Gasteiger partial charge in [-0.25, -0.2) is 0 Å². The van der Waals surface area contributed by atoms with Gasteiger partial charge in [-0.3, -0.25) is 0 Å². The Morgan fingerprint density at radius 3 is 2.84 bits per heavy atom. The summed E-state index contributed by atoms with van der Waals surface area (Å²) < 4.78 is 4.08. The predicted molar refractivity (Wildman–Crippen MR) is 81.6 cm³/mol. The minimum atomic E-state index is 0.886. The van der Waals surface area contributed by atoms with Crippen LogP contribution in [-0.4, -0.2) is 34.6 Å². The van der Waals surface area contributed by atoms with Gasteiger partial charge in [-0.1, -0.05) is 30.7 Å². The van der Waals surface area contributed by atoms with Crippen molar-refractivity contribution in [2.24, 2.45) is 5.92 Å². The van der Waals surface area contributed by atoms with Crippen LogP contribution in [0.4, 0.5) is 5.00 Å². The lowest BCUT2D eigenvalue weighted by Crippen LogP contribution is -2.27. The summed E-state index contributed by atoms with van der Waals surface area (Å²) in [5, 5.41) is 8.84. The van der Waals surface area contributed by atoms with Crippen molar-refractivity contribution in [3.63, 3.8) is 0 Å². The van der Waals surface area contributed by atoms with Crippen molar-refractivity contribution in [3.8, 4) is 0 Å². The molecule has 2 rings (SSSR count). The van der Waals surface area contributed by atoms with Crippen molar-refractivity contribution < 1.29 is 0 Å². The molecule has 1 aliphatic rings. The van der Waals surface area contributed by atoms with E-state index in [4.69, 9.17) is 0 Å². The van der Waals surface area contributed by atoms with Gasteiger partial charge in [0.1, 0.15) is 10.7 Å². The van der Waals surface area contributed by atoms with E-state index in [9.17, 15) is 0 Å². The van der Waals surface area contributed by atoms with E-state index in [-0.39, 0.29) is 0 Å². The highest BCUT2D eigenvalue weighted by Gasteiger charge is 2.17. The van der Waals surface area contributed by atoms with Crippen LogP contribution < -0.4 is 5.32 Å². The third kappa shape index (κ3) is 4.73. The fraction of sp³-hybridized carbons (Fsp3) is 0.857. The second kappa shape index (κ2) is 7.80. The quantitative estimate of drug-likeness (QED) is 0.832. The van der Waals surface area contributed by atoms with E-state index in [1.165, 1.54) is 50.2 Å². The van der Waals surface area contributed by atoms with Crippen molar-refractivity contribution >= 4 is 16.5 Å². The number of rotatable bonds is 7. The van der Waals surface area contributed by atoms with Gasteiger partial charge in [0.2, 0.25) is 0 Å². The molecule has 0 amide bonds. The molecule has 0 atom stereocenters. The first-order valence-corrected chi connectivity index (χ1v) is 8.30. The molecule has 0 saturated heterocycles. The number of hydrogen-bond donors (Lipinski definition) is 1. The number of anilines is 1. The Bertz CT molecular complexity index is 360. The second-order valence-corrected chi connectivity index (χ2v) is 6.43. The van der Waals surface area contributed by atoms with Crippen LogP contribution in [0.1, 0.15) is 51.1 Å². The van der Waals surface area contributed by atoms with Crippen molar-refractivity contribution in [3.05, 3.63) is 5.69 Å². The average Bonchev–Trinajstić information content (AvgIpc) is 2.84. The molecular weight excluding hydrogens is 256 g/mol. The van der Waals surface area contributed by atoms with Crippen molar-refractivity contribution in [2.45, 2.75) is 52.0 Å². The van der Waals surface area contributed by atoms with Crippen molar-refractivity contribution in [2.75, 3.05) is 25.5 Å². The molecule has 0 unspecified atom stereocenters. The number of nitrogens with zero attached hydrogens (tertiary/aromatic N) is 3. The lowest BCUT2D eigenvalue weighted by molar-refractivity contribution is 0.226. The molecule has 0 aliphatic heterocycles. The van der Waals surface area contributed by atoms with Crippen LogP contribution in [0.25, 0.3) is 0 Å². The minimum absolute atomic E-state index is 0.886. The van der Waals surface area contributed by atoms with Gasteiger partial charge in [-0.15, -0.1) is 5.10 Å². The molecule has 0 radical (unpaired) electrons. The summed E-state index contributed by atoms with van der Waals surface area (Å²) in [5.41, 5.74) is 1.11. The van der Waals surface area contributed by atoms with E-state index in [2.05, 4.69) is 33.8 Å². The molecule has 19 heavy (non-hydrogen) atoms. The molecule has 1 N–H and O–H groups in total. The van der Waals surface area contributed by atoms with E-state index in [0.717, 1.165) is 36.1 Å². The zero-order chi connectivity index (χ0) is 13.5. The molecule has 4 nitrogen and oxygen atoms in total. The maximum absolute atomic E-state index is 4.27. The van der Waals surface area contributed by atoms with E-state index in [0.29, 0.717) is 0 Å². The summed E-state index contributed by atoms with van der Waals surface area (Å²) in [6, 6.07) is 0. The van der Waals surface area contributed by atoms with Gasteiger partial charge in [-0.2, -0.15) is 0 Å².